The molecule has 0 radical (unpaired) electrons. The minimum absolute atomic E-state index is 0.0332. The number of rotatable bonds is 12. The maximum absolute atomic E-state index is 14.5. The number of carbonyl (C=O) groups is 1. The number of fused-ring (bicyclic) bond motifs is 1. The number of aromatic amines is 1. The van der Waals surface area contributed by atoms with Gasteiger partial charge in [-0.05, 0) is 59.4 Å². The van der Waals surface area contributed by atoms with Crippen molar-refractivity contribution in [3.8, 4) is 5.88 Å². The molecular weight excluding hydrogens is 602 g/mol. The number of halogens is 4. The van der Waals surface area contributed by atoms with Gasteiger partial charge in [-0.2, -0.15) is 22.7 Å². The summed E-state index contributed by atoms with van der Waals surface area (Å²) in [5.74, 6) is -0.430. The van der Waals surface area contributed by atoms with Crippen LogP contribution in [-0.4, -0.2) is 71.6 Å². The summed E-state index contributed by atoms with van der Waals surface area (Å²) in [4.78, 5) is 16.7. The fourth-order valence-corrected chi connectivity index (χ4v) is 5.48. The Morgan fingerprint density at radius 2 is 1.89 bits per heavy atom. The highest BCUT2D eigenvalue weighted by Crippen LogP contribution is 2.40. The first-order chi connectivity index (χ1) is 22.2. The fourth-order valence-electron chi connectivity index (χ4n) is 5.48. The van der Waals surface area contributed by atoms with Crippen LogP contribution >= 0.6 is 0 Å². The largest absolute Gasteiger partial charge is 0.476 e. The van der Waals surface area contributed by atoms with Crippen molar-refractivity contribution in [2.24, 2.45) is 0 Å². The number of H-pyrrole nitrogens is 1. The lowest BCUT2D eigenvalue weighted by Gasteiger charge is -2.21. The number of nitrogens with one attached hydrogen (secondary N) is 3. The molecule has 0 amide bonds. The molecule has 2 aromatic heterocycles. The minimum atomic E-state index is -4.51. The highest BCUT2D eigenvalue weighted by Gasteiger charge is 2.43. The van der Waals surface area contributed by atoms with Gasteiger partial charge in [-0.3, -0.25) is 9.89 Å². The second kappa shape index (κ2) is 13.5. The van der Waals surface area contributed by atoms with Crippen LogP contribution in [0.1, 0.15) is 36.0 Å². The third kappa shape index (κ3) is 7.69. The Kier molecular flexibility index (Phi) is 9.29. The van der Waals surface area contributed by atoms with Gasteiger partial charge in [0.2, 0.25) is 11.8 Å². The summed E-state index contributed by atoms with van der Waals surface area (Å²) in [7, 11) is 0. The molecule has 2 aliphatic rings. The third-order valence-electron chi connectivity index (χ3n) is 8.09. The van der Waals surface area contributed by atoms with Crippen LogP contribution in [0.15, 0.2) is 79.0 Å². The summed E-state index contributed by atoms with van der Waals surface area (Å²) < 4.78 is 67.9. The van der Waals surface area contributed by atoms with Crippen molar-refractivity contribution in [2.75, 3.05) is 32.8 Å². The number of ether oxygens (including phenoxy) is 2. The second-order valence-corrected chi connectivity index (χ2v) is 11.5. The Balaban J connectivity index is 1.21. The molecule has 1 saturated heterocycles. The lowest BCUT2D eigenvalue weighted by Crippen LogP contribution is -2.42. The summed E-state index contributed by atoms with van der Waals surface area (Å²) in [6, 6.07) is 16.3. The standard InChI is InChI=1S/C34H33F4N5O3/c35-32-25-17-23(8-10-27(25)42-43-32)31(26(18-34(36,37)38)22-5-2-1-3-6-22)24-9-11-30(40-19-24)46-21-33(12-13-33)41-14-4-7-28(44)29-20-39-15-16-45-29/h1-11,17,19,29,39,41H,12-16,18,20-21H2,(H,42,43)/b7-4+,31-26-. The minimum Gasteiger partial charge on any atom is -0.476 e. The van der Waals surface area contributed by atoms with E-state index in [4.69, 9.17) is 9.47 Å². The number of hydrogen-bond donors (Lipinski definition) is 3. The molecule has 1 aliphatic heterocycles. The average molecular weight is 636 g/mol. The maximum Gasteiger partial charge on any atom is 0.393 e. The zero-order valence-electron chi connectivity index (χ0n) is 24.9. The number of allylic oxidation sites excluding steroid dienone is 1. The number of pyridine rings is 1. The Hall–Kier alpha value is -4.39. The normalized spacial score (nSPS) is 18.5. The van der Waals surface area contributed by atoms with E-state index < -0.39 is 24.6 Å². The molecule has 46 heavy (non-hydrogen) atoms. The molecule has 2 fully saturated rings. The topological polar surface area (TPSA) is 101 Å². The van der Waals surface area contributed by atoms with Crippen molar-refractivity contribution < 1.29 is 31.8 Å². The molecule has 1 aliphatic carbocycles. The Morgan fingerprint density at radius 1 is 1.09 bits per heavy atom. The number of alkyl halides is 3. The highest BCUT2D eigenvalue weighted by molar-refractivity contribution is 6.00. The van der Waals surface area contributed by atoms with Crippen molar-refractivity contribution >= 4 is 27.8 Å². The number of morpholine rings is 1. The number of carbonyl (C=O) groups excluding carboxylic acids is 1. The Morgan fingerprint density at radius 3 is 2.59 bits per heavy atom. The van der Waals surface area contributed by atoms with Crippen molar-refractivity contribution in [3.63, 3.8) is 0 Å². The van der Waals surface area contributed by atoms with Crippen LogP contribution < -0.4 is 15.4 Å². The van der Waals surface area contributed by atoms with Crippen LogP contribution in [0, 0.1) is 5.95 Å². The third-order valence-corrected chi connectivity index (χ3v) is 8.09. The predicted octanol–water partition coefficient (Wildman–Crippen LogP) is 5.62. The SMILES string of the molecule is O=C(/C=C/CNC1(COc2ccc(/C(=C(/CC(F)(F)F)c3ccccc3)c3ccc4n[nH]c(F)c4c3)cn2)CC1)C1CNCCO1. The first kappa shape index (κ1) is 31.6. The predicted molar refractivity (Wildman–Crippen MR) is 166 cm³/mol. The zero-order chi connectivity index (χ0) is 32.1. The molecular formula is C34H33F4N5O3. The molecule has 0 bridgehead atoms. The van der Waals surface area contributed by atoms with Gasteiger partial charge >= 0.3 is 6.18 Å². The van der Waals surface area contributed by atoms with Crippen LogP contribution in [-0.2, 0) is 9.53 Å². The van der Waals surface area contributed by atoms with E-state index in [1.165, 1.54) is 18.3 Å². The Labute approximate surface area is 262 Å². The Bertz CT molecular complexity index is 1730. The van der Waals surface area contributed by atoms with Crippen LogP contribution in [0.5, 0.6) is 5.88 Å². The fraction of sp³-hybridized carbons (Fsp3) is 0.324. The average Bonchev–Trinajstić information content (AvgIpc) is 3.75. The van der Waals surface area contributed by atoms with Gasteiger partial charge in [0.25, 0.3) is 0 Å². The maximum atomic E-state index is 14.5. The van der Waals surface area contributed by atoms with E-state index in [9.17, 15) is 22.4 Å². The first-order valence-corrected chi connectivity index (χ1v) is 15.1. The van der Waals surface area contributed by atoms with Crippen LogP contribution in [0.4, 0.5) is 17.6 Å². The van der Waals surface area contributed by atoms with E-state index in [2.05, 4.69) is 25.8 Å². The van der Waals surface area contributed by atoms with Crippen LogP contribution in [0.3, 0.4) is 0 Å². The van der Waals surface area contributed by atoms with E-state index in [0.29, 0.717) is 54.4 Å². The summed E-state index contributed by atoms with van der Waals surface area (Å²) >= 11 is 0. The smallest absolute Gasteiger partial charge is 0.393 e. The van der Waals surface area contributed by atoms with Gasteiger partial charge in [-0.25, -0.2) is 4.98 Å². The van der Waals surface area contributed by atoms with E-state index in [0.717, 1.165) is 19.4 Å². The molecule has 3 N–H and O–H groups in total. The van der Waals surface area contributed by atoms with Gasteiger partial charge in [0.05, 0.1) is 29.5 Å². The number of benzene rings is 2. The highest BCUT2D eigenvalue weighted by atomic mass is 19.4. The van der Waals surface area contributed by atoms with Gasteiger partial charge < -0.3 is 20.1 Å². The van der Waals surface area contributed by atoms with E-state index in [1.807, 2.05) is 0 Å². The number of ketones is 1. The molecule has 0 spiro atoms. The van der Waals surface area contributed by atoms with Crippen molar-refractivity contribution in [3.05, 3.63) is 102 Å². The van der Waals surface area contributed by atoms with Gasteiger partial charge in [-0.1, -0.05) is 42.5 Å². The van der Waals surface area contributed by atoms with Gasteiger partial charge in [0, 0.05) is 37.5 Å². The molecule has 8 nitrogen and oxygen atoms in total. The van der Waals surface area contributed by atoms with Crippen molar-refractivity contribution in [1.82, 2.24) is 25.8 Å². The molecule has 12 heteroatoms. The molecule has 1 unspecified atom stereocenters. The van der Waals surface area contributed by atoms with Crippen LogP contribution in [0.2, 0.25) is 0 Å². The molecule has 1 saturated carbocycles. The molecule has 240 valence electrons. The van der Waals surface area contributed by atoms with Crippen molar-refractivity contribution in [1.29, 1.82) is 0 Å². The monoisotopic (exact) mass is 635 g/mol. The van der Waals surface area contributed by atoms with E-state index in [-0.39, 0.29) is 27.9 Å². The molecule has 1 atom stereocenters. The molecule has 2 aromatic carbocycles. The molecule has 3 heterocycles. The first-order valence-electron chi connectivity index (χ1n) is 15.1. The second-order valence-electron chi connectivity index (χ2n) is 11.5. The van der Waals surface area contributed by atoms with E-state index in [1.54, 1.807) is 60.7 Å². The number of hydrogen-bond acceptors (Lipinski definition) is 7. The summed E-state index contributed by atoms with van der Waals surface area (Å²) in [6.45, 7) is 2.57. The quantitative estimate of drug-likeness (QED) is 0.106. The molecule has 4 aromatic rings. The summed E-state index contributed by atoms with van der Waals surface area (Å²) in [5.41, 5.74) is 1.63. The van der Waals surface area contributed by atoms with Gasteiger partial charge in [-0.15, -0.1) is 0 Å². The molecule has 6 rings (SSSR count). The summed E-state index contributed by atoms with van der Waals surface area (Å²) in [5, 5.41) is 12.9. The van der Waals surface area contributed by atoms with Gasteiger partial charge in [0.15, 0.2) is 5.78 Å². The lowest BCUT2D eigenvalue weighted by atomic mass is 9.88. The van der Waals surface area contributed by atoms with Crippen molar-refractivity contribution in [2.45, 2.75) is 37.1 Å². The van der Waals surface area contributed by atoms with Gasteiger partial charge in [0.1, 0.15) is 12.7 Å². The number of aromatic nitrogens is 3. The zero-order valence-corrected chi connectivity index (χ0v) is 24.9. The van der Waals surface area contributed by atoms with E-state index >= 15 is 0 Å². The summed E-state index contributed by atoms with van der Waals surface area (Å²) in [6.07, 6.45) is 0.402. The number of nitrogens with zero attached hydrogens (tertiary/aromatic N) is 2. The lowest BCUT2D eigenvalue weighted by molar-refractivity contribution is -0.127. The van der Waals surface area contributed by atoms with Crippen LogP contribution in [0.25, 0.3) is 22.0 Å².